The average molecular weight is 331 g/mol. The third kappa shape index (κ3) is 2.61. The van der Waals surface area contributed by atoms with Crippen LogP contribution in [0.25, 0.3) is 0 Å². The fraction of sp³-hybridized carbons (Fsp3) is 1.00. The third-order valence-corrected chi connectivity index (χ3v) is 10.1. The van der Waals surface area contributed by atoms with Crippen molar-refractivity contribution in [3.05, 3.63) is 0 Å². The summed E-state index contributed by atoms with van der Waals surface area (Å²) in [5, 5.41) is 0. The predicted octanol–water partition coefficient (Wildman–Crippen LogP) is 7.47. The van der Waals surface area contributed by atoms with Gasteiger partial charge in [0.25, 0.3) is 0 Å². The van der Waals surface area contributed by atoms with E-state index in [0.29, 0.717) is 10.8 Å². The van der Waals surface area contributed by atoms with E-state index in [1.165, 1.54) is 57.8 Å². The largest absolute Gasteiger partial charge is 0.0622 e. The molecule has 0 N–H and O–H groups in total. The van der Waals surface area contributed by atoms with Gasteiger partial charge in [0.1, 0.15) is 0 Å². The molecule has 0 heterocycles. The summed E-state index contributed by atoms with van der Waals surface area (Å²) in [5.41, 5.74) is 1.15. The Morgan fingerprint density at radius 1 is 0.792 bits per heavy atom. The summed E-state index contributed by atoms with van der Waals surface area (Å²) in [7, 11) is 0. The highest BCUT2D eigenvalue weighted by Crippen LogP contribution is 2.65. The van der Waals surface area contributed by atoms with E-state index in [2.05, 4.69) is 27.7 Å². The number of rotatable bonds is 2. The Kier molecular flexibility index (Phi) is 4.58. The maximum absolute atomic E-state index is 2.70. The molecule has 4 rings (SSSR count). The summed E-state index contributed by atoms with van der Waals surface area (Å²) in [6.45, 7) is 10.7. The van der Waals surface area contributed by atoms with E-state index in [-0.39, 0.29) is 0 Å². The van der Waals surface area contributed by atoms with Gasteiger partial charge in [-0.15, -0.1) is 0 Å². The Bertz CT molecular complexity index is 439. The molecular weight excluding hydrogens is 288 g/mol. The molecule has 0 radical (unpaired) electrons. The lowest BCUT2D eigenvalue weighted by molar-refractivity contribution is -0.0777. The van der Waals surface area contributed by atoms with E-state index in [9.17, 15) is 0 Å². The SMILES string of the molecule is CC1CCC(C(C)(C)C2(C)CCCCC2)C2C1CC1CCCCC12. The van der Waals surface area contributed by atoms with Gasteiger partial charge in [-0.05, 0) is 78.4 Å². The summed E-state index contributed by atoms with van der Waals surface area (Å²) in [6.07, 6.45) is 18.3. The van der Waals surface area contributed by atoms with Gasteiger partial charge in [0.15, 0.2) is 0 Å². The number of hydrogen-bond acceptors (Lipinski definition) is 0. The van der Waals surface area contributed by atoms with Crippen molar-refractivity contribution in [1.82, 2.24) is 0 Å². The standard InChI is InChI=1S/C24H42/c1-17-12-13-21(23(2,3)24(4)14-8-5-9-15-24)22-19-11-7-6-10-18(19)16-20(17)22/h17-22H,5-16H2,1-4H3. The highest BCUT2D eigenvalue weighted by molar-refractivity contribution is 5.06. The molecule has 0 aromatic rings. The van der Waals surface area contributed by atoms with Crippen molar-refractivity contribution in [3.63, 3.8) is 0 Å². The van der Waals surface area contributed by atoms with Crippen LogP contribution in [-0.4, -0.2) is 0 Å². The summed E-state index contributed by atoms with van der Waals surface area (Å²) >= 11 is 0. The van der Waals surface area contributed by atoms with E-state index >= 15 is 0 Å². The van der Waals surface area contributed by atoms with Crippen molar-refractivity contribution in [3.8, 4) is 0 Å². The van der Waals surface area contributed by atoms with E-state index in [4.69, 9.17) is 0 Å². The van der Waals surface area contributed by atoms with Crippen molar-refractivity contribution >= 4 is 0 Å². The molecule has 24 heavy (non-hydrogen) atoms. The second-order valence-corrected chi connectivity index (χ2v) is 11.2. The molecule has 6 atom stereocenters. The van der Waals surface area contributed by atoms with E-state index in [1.807, 2.05) is 0 Å². The molecule has 0 aliphatic heterocycles. The van der Waals surface area contributed by atoms with Gasteiger partial charge in [0, 0.05) is 0 Å². The fourth-order valence-electron chi connectivity index (χ4n) is 8.18. The summed E-state index contributed by atoms with van der Waals surface area (Å²) in [4.78, 5) is 0. The Labute approximate surface area is 151 Å². The smallest absolute Gasteiger partial charge is 0.0269 e. The van der Waals surface area contributed by atoms with Crippen LogP contribution in [0.2, 0.25) is 0 Å². The first-order chi connectivity index (χ1) is 11.4. The molecule has 138 valence electrons. The van der Waals surface area contributed by atoms with Crippen molar-refractivity contribution in [2.45, 2.75) is 105 Å². The van der Waals surface area contributed by atoms with Gasteiger partial charge in [-0.25, -0.2) is 0 Å². The van der Waals surface area contributed by atoms with Gasteiger partial charge in [0.05, 0.1) is 0 Å². The van der Waals surface area contributed by atoms with Crippen LogP contribution in [0.3, 0.4) is 0 Å². The van der Waals surface area contributed by atoms with E-state index in [0.717, 1.165) is 35.5 Å². The van der Waals surface area contributed by atoms with Gasteiger partial charge < -0.3 is 0 Å². The highest BCUT2D eigenvalue weighted by atomic mass is 14.6. The van der Waals surface area contributed by atoms with Crippen LogP contribution in [0.4, 0.5) is 0 Å². The summed E-state index contributed by atoms with van der Waals surface area (Å²) in [5.74, 6) is 6.37. The lowest BCUT2D eigenvalue weighted by Crippen LogP contribution is -2.49. The van der Waals surface area contributed by atoms with Crippen LogP contribution >= 0.6 is 0 Å². The van der Waals surface area contributed by atoms with Crippen LogP contribution in [0.15, 0.2) is 0 Å². The molecule has 0 bridgehead atoms. The molecule has 4 saturated carbocycles. The minimum atomic E-state index is 0.544. The number of hydrogen-bond donors (Lipinski definition) is 0. The average Bonchev–Trinajstić information content (AvgIpc) is 2.96. The Morgan fingerprint density at radius 2 is 1.50 bits per heavy atom. The van der Waals surface area contributed by atoms with Crippen LogP contribution in [0, 0.1) is 46.3 Å². The highest BCUT2D eigenvalue weighted by Gasteiger charge is 2.57. The molecule has 0 spiro atoms. The Morgan fingerprint density at radius 3 is 2.25 bits per heavy atom. The predicted molar refractivity (Wildman–Crippen MR) is 104 cm³/mol. The molecule has 4 aliphatic carbocycles. The van der Waals surface area contributed by atoms with Gasteiger partial charge >= 0.3 is 0 Å². The molecule has 4 fully saturated rings. The van der Waals surface area contributed by atoms with Crippen molar-refractivity contribution < 1.29 is 0 Å². The first-order valence-electron chi connectivity index (χ1n) is 11.4. The zero-order valence-electron chi connectivity index (χ0n) is 16.9. The Balaban J connectivity index is 1.63. The van der Waals surface area contributed by atoms with E-state index < -0.39 is 0 Å². The Hall–Kier alpha value is 0. The van der Waals surface area contributed by atoms with Gasteiger partial charge in [-0.1, -0.05) is 72.6 Å². The zero-order chi connectivity index (χ0) is 16.9. The minimum absolute atomic E-state index is 0.544. The van der Waals surface area contributed by atoms with E-state index in [1.54, 1.807) is 19.3 Å². The molecule has 0 heteroatoms. The molecule has 0 saturated heterocycles. The molecular formula is C24H42. The van der Waals surface area contributed by atoms with Gasteiger partial charge in [-0.3, -0.25) is 0 Å². The van der Waals surface area contributed by atoms with Crippen LogP contribution in [0.5, 0.6) is 0 Å². The molecule has 4 aliphatic rings. The van der Waals surface area contributed by atoms with Gasteiger partial charge in [-0.2, -0.15) is 0 Å². The third-order valence-electron chi connectivity index (χ3n) is 10.1. The first-order valence-corrected chi connectivity index (χ1v) is 11.4. The topological polar surface area (TPSA) is 0 Å². The fourth-order valence-corrected chi connectivity index (χ4v) is 8.18. The molecule has 0 aromatic heterocycles. The van der Waals surface area contributed by atoms with Crippen molar-refractivity contribution in [2.75, 3.05) is 0 Å². The van der Waals surface area contributed by atoms with Gasteiger partial charge in [0.2, 0.25) is 0 Å². The summed E-state index contributed by atoms with van der Waals surface area (Å²) < 4.78 is 0. The van der Waals surface area contributed by atoms with Crippen molar-refractivity contribution in [1.29, 1.82) is 0 Å². The maximum Gasteiger partial charge on any atom is -0.0269 e. The zero-order valence-corrected chi connectivity index (χ0v) is 16.9. The normalized spacial score (nSPS) is 45.5. The second kappa shape index (κ2) is 6.31. The van der Waals surface area contributed by atoms with Crippen LogP contribution in [-0.2, 0) is 0 Å². The molecule has 0 nitrogen and oxygen atoms in total. The maximum atomic E-state index is 2.70. The quantitative estimate of drug-likeness (QED) is 0.492. The van der Waals surface area contributed by atoms with Crippen molar-refractivity contribution in [2.24, 2.45) is 46.3 Å². The van der Waals surface area contributed by atoms with Crippen LogP contribution < -0.4 is 0 Å². The number of fused-ring (bicyclic) bond motifs is 3. The molecule has 0 amide bonds. The molecule has 0 aromatic carbocycles. The minimum Gasteiger partial charge on any atom is -0.0622 e. The summed E-state index contributed by atoms with van der Waals surface area (Å²) in [6, 6.07) is 0. The molecule has 6 unspecified atom stereocenters. The second-order valence-electron chi connectivity index (χ2n) is 11.2. The lowest BCUT2D eigenvalue weighted by Gasteiger charge is -2.57. The lowest BCUT2D eigenvalue weighted by atomic mass is 9.48. The van der Waals surface area contributed by atoms with Crippen LogP contribution in [0.1, 0.15) is 105 Å². The monoisotopic (exact) mass is 330 g/mol. The first kappa shape index (κ1) is 17.4.